The molecule has 0 aliphatic rings. The van der Waals surface area contributed by atoms with Crippen LogP contribution in [-0.4, -0.2) is 43.7 Å². The average molecular weight is 490 g/mol. The van der Waals surface area contributed by atoms with Crippen LogP contribution >= 0.6 is 0 Å². The maximum Gasteiger partial charge on any atom is 0.227 e. The van der Waals surface area contributed by atoms with E-state index in [1.165, 1.54) is 0 Å². The number of benzene rings is 1. The summed E-state index contributed by atoms with van der Waals surface area (Å²) in [6.45, 7) is 8.46. The van der Waals surface area contributed by atoms with Gasteiger partial charge in [-0.25, -0.2) is 0 Å². The van der Waals surface area contributed by atoms with Gasteiger partial charge in [0.25, 0.3) is 0 Å². The lowest BCUT2D eigenvalue weighted by atomic mass is 9.97. The number of ether oxygens (including phenoxy) is 1. The van der Waals surface area contributed by atoms with Gasteiger partial charge in [0.2, 0.25) is 5.91 Å². The molecule has 0 saturated carbocycles. The minimum absolute atomic E-state index is 0.101. The zero-order valence-electron chi connectivity index (χ0n) is 21.2. The molecule has 1 aromatic carbocycles. The second kappa shape index (κ2) is 13.6. The molecule has 2 aromatic rings. The van der Waals surface area contributed by atoms with Crippen LogP contribution in [0.1, 0.15) is 43.1 Å². The molecule has 2 rings (SSSR count). The van der Waals surface area contributed by atoms with Crippen LogP contribution in [0.15, 0.2) is 53.3 Å². The Morgan fingerprint density at radius 2 is 1.83 bits per heavy atom. The molecule has 1 N–H and O–H groups in total. The fraction of sp³-hybridized carbons (Fsp3) is 0.414. The lowest BCUT2D eigenvalue weighted by Crippen LogP contribution is -2.42. The van der Waals surface area contributed by atoms with Gasteiger partial charge in [0.1, 0.15) is 20.8 Å². The van der Waals surface area contributed by atoms with Crippen molar-refractivity contribution < 1.29 is 19.1 Å². The van der Waals surface area contributed by atoms with Gasteiger partial charge in [-0.2, -0.15) is 0 Å². The highest BCUT2D eigenvalue weighted by atomic mass is 28.3. The predicted octanol–water partition coefficient (Wildman–Crippen LogP) is 4.83. The number of furan rings is 1. The van der Waals surface area contributed by atoms with E-state index in [9.17, 15) is 9.90 Å². The first-order valence-corrected chi connectivity index (χ1v) is 15.2. The van der Waals surface area contributed by atoms with Gasteiger partial charge in [0.05, 0.1) is 30.6 Å². The lowest BCUT2D eigenvalue weighted by molar-refractivity contribution is -0.138. The number of carbonyl (C=O) groups is 1. The third kappa shape index (κ3) is 9.16. The van der Waals surface area contributed by atoms with Crippen molar-refractivity contribution >= 4 is 14.0 Å². The quantitative estimate of drug-likeness (QED) is 0.405. The Morgan fingerprint density at radius 1 is 1.14 bits per heavy atom. The first-order valence-electron chi connectivity index (χ1n) is 11.7. The Kier molecular flexibility index (Phi) is 10.9. The Balaban J connectivity index is 2.21. The molecule has 0 bridgehead atoms. The first-order chi connectivity index (χ1) is 16.6. The highest BCUT2D eigenvalue weighted by Gasteiger charge is 2.28. The molecule has 4 atom stereocenters. The zero-order chi connectivity index (χ0) is 25.8. The highest BCUT2D eigenvalue weighted by molar-refractivity contribution is 6.83. The predicted molar refractivity (Wildman–Crippen MR) is 141 cm³/mol. The molecule has 1 aromatic heterocycles. The van der Waals surface area contributed by atoms with Gasteiger partial charge in [-0.3, -0.25) is 4.79 Å². The van der Waals surface area contributed by atoms with Gasteiger partial charge in [0, 0.05) is 25.5 Å². The summed E-state index contributed by atoms with van der Waals surface area (Å²) in [5.41, 5.74) is 4.87. The van der Waals surface area contributed by atoms with Crippen LogP contribution in [0.4, 0.5) is 0 Å². The first kappa shape index (κ1) is 28.0. The second-order valence-electron chi connectivity index (χ2n) is 9.48. The van der Waals surface area contributed by atoms with Gasteiger partial charge in [-0.15, -0.1) is 17.9 Å². The molecule has 0 spiro atoms. The molecule has 0 radical (unpaired) electrons. The van der Waals surface area contributed by atoms with Gasteiger partial charge in [0.15, 0.2) is 0 Å². The molecule has 184 valence electrons. The Hall–Kier alpha value is -3.21. The van der Waals surface area contributed by atoms with Crippen LogP contribution in [0, 0.1) is 41.6 Å². The lowest BCUT2D eigenvalue weighted by Gasteiger charge is -2.31. The van der Waals surface area contributed by atoms with E-state index in [0.717, 1.165) is 11.1 Å². The summed E-state index contributed by atoms with van der Waals surface area (Å²) in [6, 6.07) is 10.7. The van der Waals surface area contributed by atoms with Gasteiger partial charge < -0.3 is 19.2 Å². The molecule has 0 aliphatic heterocycles. The topological polar surface area (TPSA) is 62.9 Å². The van der Waals surface area contributed by atoms with Crippen molar-refractivity contribution in [2.45, 2.75) is 57.7 Å². The molecule has 0 saturated heterocycles. The number of nitrogens with zero attached hydrogens (tertiary/aromatic N) is 1. The number of hydrogen-bond donors (Lipinski definition) is 1. The fourth-order valence-electron chi connectivity index (χ4n) is 3.37. The normalized spacial score (nSPS) is 14.2. The smallest absolute Gasteiger partial charge is 0.227 e. The van der Waals surface area contributed by atoms with Crippen molar-refractivity contribution in [2.75, 3.05) is 13.7 Å². The second-order valence-corrected chi connectivity index (χ2v) is 14.2. The van der Waals surface area contributed by atoms with Gasteiger partial charge in [-0.1, -0.05) is 67.7 Å². The van der Waals surface area contributed by atoms with Crippen molar-refractivity contribution in [1.82, 2.24) is 4.90 Å². The van der Waals surface area contributed by atoms with Crippen molar-refractivity contribution in [2.24, 2.45) is 5.92 Å². The third-order valence-electron chi connectivity index (χ3n) is 5.48. The zero-order valence-corrected chi connectivity index (χ0v) is 22.2. The van der Waals surface area contributed by atoms with Crippen LogP contribution < -0.4 is 0 Å². The molecule has 5 nitrogen and oxygen atoms in total. The van der Waals surface area contributed by atoms with E-state index in [0.29, 0.717) is 12.8 Å². The Morgan fingerprint density at radius 3 is 2.43 bits per heavy atom. The summed E-state index contributed by atoms with van der Waals surface area (Å²) < 4.78 is 10.8. The van der Waals surface area contributed by atoms with E-state index < -0.39 is 32.2 Å². The van der Waals surface area contributed by atoms with E-state index in [1.54, 1.807) is 30.5 Å². The standard InChI is InChI=1S/C29H35NO4Si/c1-7-19-34-27(26-18-20-33-22-26)17-11-15-25(16-12-21-35(4,5)6)29(32)30(3)23(2)28(31)24-13-9-8-10-14-24/h1,8-10,13-14,18,20,22-23,25,27-28,31H,15-16,19H2,2-6H3/t23-,25-,27+,28+/m1/s1. The number of likely N-dealkylation sites (N-methyl/N-ethyl adjacent to an activating group) is 1. The average Bonchev–Trinajstić information content (AvgIpc) is 3.38. The molecule has 0 fully saturated rings. The highest BCUT2D eigenvalue weighted by Crippen LogP contribution is 2.23. The summed E-state index contributed by atoms with van der Waals surface area (Å²) in [7, 11) is 0.137. The van der Waals surface area contributed by atoms with E-state index in [1.807, 2.05) is 37.3 Å². The summed E-state index contributed by atoms with van der Waals surface area (Å²) in [5.74, 6) is 11.3. The Bertz CT molecular complexity index is 1090. The summed E-state index contributed by atoms with van der Waals surface area (Å²) in [6.07, 6.45) is 7.83. The van der Waals surface area contributed by atoms with Crippen molar-refractivity contribution in [3.63, 3.8) is 0 Å². The van der Waals surface area contributed by atoms with Crippen LogP contribution in [-0.2, 0) is 9.53 Å². The number of rotatable bonds is 9. The summed E-state index contributed by atoms with van der Waals surface area (Å²) >= 11 is 0. The van der Waals surface area contributed by atoms with E-state index in [2.05, 4.69) is 48.9 Å². The molecule has 0 aliphatic carbocycles. The van der Waals surface area contributed by atoms with E-state index in [4.69, 9.17) is 15.6 Å². The maximum atomic E-state index is 13.5. The number of amides is 1. The minimum atomic E-state index is -1.58. The van der Waals surface area contributed by atoms with Gasteiger partial charge in [-0.05, 0) is 18.6 Å². The summed E-state index contributed by atoms with van der Waals surface area (Å²) in [5, 5.41) is 10.8. The molecular formula is C29H35NO4Si. The minimum Gasteiger partial charge on any atom is -0.472 e. The fourth-order valence-corrected chi connectivity index (χ4v) is 4.00. The number of carbonyl (C=O) groups excluding carboxylic acids is 1. The number of hydrogen-bond acceptors (Lipinski definition) is 4. The van der Waals surface area contributed by atoms with Crippen molar-refractivity contribution in [3.8, 4) is 35.6 Å². The number of aliphatic hydroxyl groups excluding tert-OH is 1. The molecule has 35 heavy (non-hydrogen) atoms. The Labute approximate surface area is 210 Å². The van der Waals surface area contributed by atoms with Crippen LogP contribution in [0.3, 0.4) is 0 Å². The molecule has 0 unspecified atom stereocenters. The molecule has 6 heteroatoms. The van der Waals surface area contributed by atoms with Crippen LogP contribution in [0.5, 0.6) is 0 Å². The van der Waals surface area contributed by atoms with Crippen molar-refractivity contribution in [1.29, 1.82) is 0 Å². The molecule has 1 heterocycles. The van der Waals surface area contributed by atoms with E-state index >= 15 is 0 Å². The van der Waals surface area contributed by atoms with Gasteiger partial charge >= 0.3 is 0 Å². The number of terminal acetylenes is 1. The number of aliphatic hydroxyl groups is 1. The monoisotopic (exact) mass is 489 g/mol. The SMILES string of the molecule is C#CCO[C@@H](C#CC[C@H](CC#C[Si](C)(C)C)C(=O)N(C)[C@H](C)[C@H](O)c1ccccc1)c1ccoc1. The largest absolute Gasteiger partial charge is 0.472 e. The maximum absolute atomic E-state index is 13.5. The van der Waals surface area contributed by atoms with E-state index in [-0.39, 0.29) is 12.5 Å². The van der Waals surface area contributed by atoms with Crippen LogP contribution in [0.25, 0.3) is 0 Å². The third-order valence-corrected chi connectivity index (χ3v) is 6.41. The molecule has 1 amide bonds. The summed E-state index contributed by atoms with van der Waals surface area (Å²) in [4.78, 5) is 15.1. The van der Waals surface area contributed by atoms with Crippen LogP contribution in [0.2, 0.25) is 19.6 Å². The van der Waals surface area contributed by atoms with Crippen molar-refractivity contribution in [3.05, 3.63) is 60.1 Å². The molecular weight excluding hydrogens is 454 g/mol.